The lowest BCUT2D eigenvalue weighted by atomic mass is 9.86. The van der Waals surface area contributed by atoms with Crippen LogP contribution in [0.3, 0.4) is 0 Å². The lowest BCUT2D eigenvalue weighted by Gasteiger charge is -2.32. The Morgan fingerprint density at radius 3 is 2.18 bits per heavy atom. The van der Waals surface area contributed by atoms with E-state index in [9.17, 15) is 4.39 Å². The first-order chi connectivity index (χ1) is 10.2. The molecule has 0 N–H and O–H groups in total. The summed E-state index contributed by atoms with van der Waals surface area (Å²) in [7, 11) is 2.06. The fraction of sp³-hybridized carbons (Fsp3) is 0.500. The van der Waals surface area contributed by atoms with E-state index < -0.39 is 24.0 Å². The summed E-state index contributed by atoms with van der Waals surface area (Å²) in [6.07, 6.45) is 1.35. The summed E-state index contributed by atoms with van der Waals surface area (Å²) in [4.78, 5) is 0. The maximum absolute atomic E-state index is 14.5. The van der Waals surface area contributed by atoms with Gasteiger partial charge < -0.3 is 18.8 Å². The molecule has 6 heteroatoms. The van der Waals surface area contributed by atoms with Crippen molar-refractivity contribution in [2.45, 2.75) is 38.9 Å². The monoisotopic (exact) mass is 308 g/mol. The average Bonchev–Trinajstić information content (AvgIpc) is 2.67. The second-order valence-corrected chi connectivity index (χ2v) is 6.23. The quantitative estimate of drug-likeness (QED) is 0.796. The van der Waals surface area contributed by atoms with Gasteiger partial charge in [0.2, 0.25) is 0 Å². The highest BCUT2D eigenvalue weighted by Gasteiger charge is 2.53. The van der Waals surface area contributed by atoms with E-state index >= 15 is 0 Å². The highest BCUT2D eigenvalue weighted by molar-refractivity contribution is 6.54. The Morgan fingerprint density at radius 2 is 1.68 bits per heavy atom. The van der Waals surface area contributed by atoms with E-state index in [2.05, 4.69) is 0 Å². The molecule has 0 amide bonds. The zero-order valence-electron chi connectivity index (χ0n) is 13.9. The Morgan fingerprint density at radius 1 is 1.09 bits per heavy atom. The minimum atomic E-state index is -1.03. The molecule has 0 saturated carbocycles. The normalized spacial score (nSPS) is 20.1. The average molecular weight is 308 g/mol. The molecule has 0 aromatic heterocycles. The Bertz CT molecular complexity index is 568. The van der Waals surface area contributed by atoms with Crippen LogP contribution in [0.5, 0.6) is 11.5 Å². The highest BCUT2D eigenvalue weighted by atomic mass is 19.1. The standard InChI is InChI=1S/C16H22BFO4/c1-15(2)16(3,4)22-17(21-15)14(18)10-11-9-12(19-5)7-8-13(11)20-6/h7-10H,1-6H3. The van der Waals surface area contributed by atoms with E-state index in [-0.39, 0.29) is 0 Å². The SMILES string of the molecule is COc1ccc(OC)c(C=C(F)B2OC(C)(C)C(C)(C)O2)c1. The Hall–Kier alpha value is -1.53. The second kappa shape index (κ2) is 5.93. The van der Waals surface area contributed by atoms with Gasteiger partial charge in [0.15, 0.2) is 0 Å². The summed E-state index contributed by atoms with van der Waals surface area (Å²) in [6, 6.07) is 5.18. The van der Waals surface area contributed by atoms with Crippen molar-refractivity contribution in [1.82, 2.24) is 0 Å². The summed E-state index contributed by atoms with van der Waals surface area (Å²) in [5.41, 5.74) is -1.11. The molecule has 1 aromatic rings. The summed E-state index contributed by atoms with van der Waals surface area (Å²) < 4.78 is 36.3. The van der Waals surface area contributed by atoms with Crippen LogP contribution < -0.4 is 9.47 Å². The molecule has 22 heavy (non-hydrogen) atoms. The number of benzene rings is 1. The van der Waals surface area contributed by atoms with Crippen molar-refractivity contribution in [2.24, 2.45) is 0 Å². The Balaban J connectivity index is 2.30. The van der Waals surface area contributed by atoms with E-state index in [4.69, 9.17) is 18.8 Å². The first-order valence-corrected chi connectivity index (χ1v) is 7.15. The molecule has 1 saturated heterocycles. The first kappa shape index (κ1) is 16.8. The fourth-order valence-corrected chi connectivity index (χ4v) is 2.12. The smallest absolute Gasteiger partial charge is 0.497 e. The third kappa shape index (κ3) is 3.13. The van der Waals surface area contributed by atoms with Crippen LogP contribution in [0.4, 0.5) is 4.39 Å². The predicted octanol–water partition coefficient (Wildman–Crippen LogP) is 3.65. The molecule has 0 radical (unpaired) electrons. The minimum absolute atomic E-state index is 0.509. The van der Waals surface area contributed by atoms with E-state index in [0.29, 0.717) is 17.1 Å². The van der Waals surface area contributed by atoms with Crippen molar-refractivity contribution in [3.05, 3.63) is 29.5 Å². The molecule has 4 nitrogen and oxygen atoms in total. The van der Waals surface area contributed by atoms with E-state index in [1.54, 1.807) is 25.3 Å². The number of hydrogen-bond acceptors (Lipinski definition) is 4. The minimum Gasteiger partial charge on any atom is -0.497 e. The maximum atomic E-state index is 14.5. The van der Waals surface area contributed by atoms with E-state index in [1.165, 1.54) is 13.2 Å². The van der Waals surface area contributed by atoms with Crippen LogP contribution in [0.15, 0.2) is 23.9 Å². The maximum Gasteiger partial charge on any atom is 0.525 e. The molecule has 1 heterocycles. The van der Waals surface area contributed by atoms with Crippen molar-refractivity contribution >= 4 is 13.2 Å². The molecule has 0 aliphatic carbocycles. The molecule has 0 unspecified atom stereocenters. The van der Waals surface area contributed by atoms with Gasteiger partial charge in [0.1, 0.15) is 17.2 Å². The largest absolute Gasteiger partial charge is 0.525 e. The van der Waals surface area contributed by atoms with Crippen LogP contribution in [-0.4, -0.2) is 32.5 Å². The second-order valence-electron chi connectivity index (χ2n) is 6.23. The van der Waals surface area contributed by atoms with Gasteiger partial charge in [-0.25, -0.2) is 4.39 Å². The van der Waals surface area contributed by atoms with E-state index in [0.717, 1.165) is 0 Å². The van der Waals surface area contributed by atoms with Crippen molar-refractivity contribution in [3.8, 4) is 11.5 Å². The zero-order valence-corrected chi connectivity index (χ0v) is 13.9. The topological polar surface area (TPSA) is 36.9 Å². The Labute approximate surface area is 131 Å². The number of ether oxygens (including phenoxy) is 2. The third-order valence-corrected chi connectivity index (χ3v) is 4.21. The molecule has 1 aliphatic heterocycles. The summed E-state index contributed by atoms with van der Waals surface area (Å²) >= 11 is 0. The molecule has 2 rings (SSSR count). The molecular formula is C16H22BFO4. The van der Waals surface area contributed by atoms with Crippen LogP contribution in [0.2, 0.25) is 0 Å². The molecule has 1 fully saturated rings. The van der Waals surface area contributed by atoms with Gasteiger partial charge in [-0.2, -0.15) is 0 Å². The van der Waals surface area contributed by atoms with Crippen molar-refractivity contribution < 1.29 is 23.2 Å². The van der Waals surface area contributed by atoms with Gasteiger partial charge in [-0.05, 0) is 52.0 Å². The molecule has 0 atom stereocenters. The summed E-state index contributed by atoms with van der Waals surface area (Å²) in [6.45, 7) is 7.53. The van der Waals surface area contributed by atoms with Gasteiger partial charge in [0.25, 0.3) is 0 Å². The van der Waals surface area contributed by atoms with Gasteiger partial charge in [-0.15, -0.1) is 0 Å². The predicted molar refractivity (Wildman–Crippen MR) is 84.7 cm³/mol. The summed E-state index contributed by atoms with van der Waals surface area (Å²) in [5, 5.41) is 0. The first-order valence-electron chi connectivity index (χ1n) is 7.15. The van der Waals surface area contributed by atoms with Gasteiger partial charge in [0, 0.05) is 5.56 Å². The number of halogens is 1. The number of methoxy groups -OCH3 is 2. The molecule has 0 bridgehead atoms. The van der Waals surface area contributed by atoms with Crippen LogP contribution in [0.1, 0.15) is 33.3 Å². The third-order valence-electron chi connectivity index (χ3n) is 4.21. The van der Waals surface area contributed by atoms with Gasteiger partial charge in [-0.3, -0.25) is 0 Å². The van der Waals surface area contributed by atoms with Crippen molar-refractivity contribution in [3.63, 3.8) is 0 Å². The van der Waals surface area contributed by atoms with Crippen LogP contribution >= 0.6 is 0 Å². The van der Waals surface area contributed by atoms with Gasteiger partial charge in [0.05, 0.1) is 25.4 Å². The number of rotatable bonds is 4. The number of hydrogen-bond donors (Lipinski definition) is 0. The molecule has 1 aliphatic rings. The van der Waals surface area contributed by atoms with Crippen LogP contribution in [-0.2, 0) is 9.31 Å². The van der Waals surface area contributed by atoms with Crippen LogP contribution in [0.25, 0.3) is 6.08 Å². The van der Waals surface area contributed by atoms with Gasteiger partial charge >= 0.3 is 7.12 Å². The zero-order chi connectivity index (χ0) is 16.5. The highest BCUT2D eigenvalue weighted by Crippen LogP contribution is 2.39. The molecular weight excluding hydrogens is 286 g/mol. The lowest BCUT2D eigenvalue weighted by Crippen LogP contribution is -2.41. The molecule has 1 aromatic carbocycles. The lowest BCUT2D eigenvalue weighted by molar-refractivity contribution is 0.00578. The molecule has 0 spiro atoms. The Kier molecular flexibility index (Phi) is 4.54. The van der Waals surface area contributed by atoms with Crippen molar-refractivity contribution in [1.29, 1.82) is 0 Å². The van der Waals surface area contributed by atoms with Gasteiger partial charge in [-0.1, -0.05) is 0 Å². The molecule has 120 valence electrons. The fourth-order valence-electron chi connectivity index (χ4n) is 2.12. The summed E-state index contributed by atoms with van der Waals surface area (Å²) in [5.74, 6) is 1.17. The van der Waals surface area contributed by atoms with Crippen LogP contribution in [0, 0.1) is 0 Å². The van der Waals surface area contributed by atoms with Crippen molar-refractivity contribution in [2.75, 3.05) is 14.2 Å². The van der Waals surface area contributed by atoms with E-state index in [1.807, 2.05) is 27.7 Å².